The second-order valence-electron chi connectivity index (χ2n) is 6.00. The fraction of sp³-hybridized carbons (Fsp3) is 0.786. The number of piperazine rings is 1. The number of ether oxygens (including phenoxy) is 1. The van der Waals surface area contributed by atoms with Crippen LogP contribution in [0.3, 0.4) is 0 Å². The first-order valence-corrected chi connectivity index (χ1v) is 7.54. The van der Waals surface area contributed by atoms with E-state index in [0.717, 1.165) is 38.4 Å². The van der Waals surface area contributed by atoms with E-state index in [4.69, 9.17) is 4.74 Å². The van der Waals surface area contributed by atoms with E-state index < -0.39 is 12.2 Å². The molecule has 0 aliphatic carbocycles. The van der Waals surface area contributed by atoms with Gasteiger partial charge in [0.1, 0.15) is 6.10 Å². The molecule has 0 bridgehead atoms. The molecule has 2 aliphatic heterocycles. The van der Waals surface area contributed by atoms with Gasteiger partial charge in [0.2, 0.25) is 0 Å². The highest BCUT2D eigenvalue weighted by molar-refractivity contribution is 5.14. The number of aliphatic hydroxyl groups excluding tert-OH is 2. The van der Waals surface area contributed by atoms with Crippen LogP contribution in [-0.2, 0) is 11.3 Å². The van der Waals surface area contributed by atoms with Crippen LogP contribution < -0.4 is 0 Å². The van der Waals surface area contributed by atoms with Crippen LogP contribution in [0, 0.1) is 6.92 Å². The van der Waals surface area contributed by atoms with E-state index in [-0.39, 0.29) is 12.6 Å². The second kappa shape index (κ2) is 6.41. The summed E-state index contributed by atoms with van der Waals surface area (Å²) in [5.74, 6) is 0. The lowest BCUT2D eigenvalue weighted by Gasteiger charge is -2.43. The molecule has 1 aromatic heterocycles. The number of H-pyrrole nitrogens is 1. The summed E-state index contributed by atoms with van der Waals surface area (Å²) in [7, 11) is 0. The predicted octanol–water partition coefficient (Wildman–Crippen LogP) is -1.04. The van der Waals surface area contributed by atoms with Crippen LogP contribution in [0.2, 0.25) is 0 Å². The lowest BCUT2D eigenvalue weighted by Crippen LogP contribution is -2.60. The Morgan fingerprint density at radius 2 is 2.05 bits per heavy atom. The van der Waals surface area contributed by atoms with Crippen molar-refractivity contribution in [3.8, 4) is 0 Å². The fourth-order valence-electron chi connectivity index (χ4n) is 3.11. The predicted molar refractivity (Wildman–Crippen MR) is 76.8 cm³/mol. The van der Waals surface area contributed by atoms with Gasteiger partial charge in [-0.15, -0.1) is 0 Å². The molecule has 0 amide bonds. The highest BCUT2D eigenvalue weighted by atomic mass is 16.5. The van der Waals surface area contributed by atoms with Gasteiger partial charge in [0, 0.05) is 44.0 Å². The molecule has 0 saturated carbocycles. The molecule has 0 unspecified atom stereocenters. The van der Waals surface area contributed by atoms with E-state index in [9.17, 15) is 10.2 Å². The van der Waals surface area contributed by atoms with Crippen LogP contribution in [0.25, 0.3) is 0 Å². The van der Waals surface area contributed by atoms with Crippen molar-refractivity contribution in [3.05, 3.63) is 17.5 Å². The molecule has 7 heteroatoms. The van der Waals surface area contributed by atoms with Crippen molar-refractivity contribution in [3.63, 3.8) is 0 Å². The van der Waals surface area contributed by atoms with Gasteiger partial charge in [-0.1, -0.05) is 0 Å². The van der Waals surface area contributed by atoms with Gasteiger partial charge in [-0.05, 0) is 6.92 Å². The van der Waals surface area contributed by atoms with Gasteiger partial charge in [0.05, 0.1) is 31.6 Å². The molecule has 3 atom stereocenters. The summed E-state index contributed by atoms with van der Waals surface area (Å²) >= 11 is 0. The van der Waals surface area contributed by atoms with E-state index in [2.05, 4.69) is 20.0 Å². The van der Waals surface area contributed by atoms with Gasteiger partial charge in [0.15, 0.2) is 0 Å². The summed E-state index contributed by atoms with van der Waals surface area (Å²) in [6.45, 7) is 7.34. The monoisotopic (exact) mass is 296 g/mol. The zero-order chi connectivity index (χ0) is 14.8. The summed E-state index contributed by atoms with van der Waals surface area (Å²) in [6.07, 6.45) is 0.411. The Labute approximate surface area is 124 Å². The lowest BCUT2D eigenvalue weighted by molar-refractivity contribution is -0.137. The van der Waals surface area contributed by atoms with Crippen molar-refractivity contribution < 1.29 is 14.9 Å². The van der Waals surface area contributed by atoms with Crippen molar-refractivity contribution in [1.29, 1.82) is 0 Å². The number of aromatic nitrogens is 2. The van der Waals surface area contributed by atoms with Crippen LogP contribution in [0.5, 0.6) is 0 Å². The van der Waals surface area contributed by atoms with E-state index in [1.54, 1.807) is 0 Å². The third-order valence-electron chi connectivity index (χ3n) is 4.57. The number of rotatable bonds is 3. The molecule has 1 aromatic rings. The van der Waals surface area contributed by atoms with Gasteiger partial charge in [-0.3, -0.25) is 14.9 Å². The highest BCUT2D eigenvalue weighted by Gasteiger charge is 2.36. The molecular formula is C14H24N4O3. The number of aryl methyl sites for hydroxylation is 1. The van der Waals surface area contributed by atoms with Crippen molar-refractivity contribution in [1.82, 2.24) is 20.0 Å². The van der Waals surface area contributed by atoms with Gasteiger partial charge >= 0.3 is 0 Å². The SMILES string of the molecule is Cc1[nH]ncc1CN1CCN([C@@H]2COC[C@@H](O)[C@H]2O)CC1. The third kappa shape index (κ3) is 3.27. The maximum atomic E-state index is 10.1. The first kappa shape index (κ1) is 14.9. The molecule has 2 aliphatic rings. The molecule has 118 valence electrons. The number of hydrogen-bond acceptors (Lipinski definition) is 6. The molecule has 3 N–H and O–H groups in total. The minimum atomic E-state index is -0.768. The molecule has 3 rings (SSSR count). The van der Waals surface area contributed by atoms with Crippen molar-refractivity contribution >= 4 is 0 Å². The zero-order valence-corrected chi connectivity index (χ0v) is 12.4. The quantitative estimate of drug-likeness (QED) is 0.660. The number of nitrogens with zero attached hydrogens (tertiary/aromatic N) is 3. The Morgan fingerprint density at radius 3 is 2.71 bits per heavy atom. The normalized spacial score (nSPS) is 32.4. The zero-order valence-electron chi connectivity index (χ0n) is 12.4. The Morgan fingerprint density at radius 1 is 1.29 bits per heavy atom. The second-order valence-corrected chi connectivity index (χ2v) is 6.00. The first-order chi connectivity index (χ1) is 10.1. The average Bonchev–Trinajstić information content (AvgIpc) is 2.88. The number of hydrogen-bond donors (Lipinski definition) is 3. The van der Waals surface area contributed by atoms with Crippen LogP contribution in [-0.4, -0.2) is 87.9 Å². The summed E-state index contributed by atoms with van der Waals surface area (Å²) in [6, 6.07) is -0.0911. The summed E-state index contributed by atoms with van der Waals surface area (Å²) in [5, 5.41) is 26.8. The Bertz CT molecular complexity index is 459. The highest BCUT2D eigenvalue weighted by Crippen LogP contribution is 2.18. The van der Waals surface area contributed by atoms with Gasteiger partial charge in [-0.25, -0.2) is 0 Å². The van der Waals surface area contributed by atoms with Crippen LogP contribution >= 0.6 is 0 Å². The Kier molecular flexibility index (Phi) is 4.56. The largest absolute Gasteiger partial charge is 0.389 e. The first-order valence-electron chi connectivity index (χ1n) is 7.54. The van der Waals surface area contributed by atoms with Crippen molar-refractivity contribution in [2.45, 2.75) is 31.7 Å². The lowest BCUT2D eigenvalue weighted by atomic mass is 10.0. The van der Waals surface area contributed by atoms with Gasteiger partial charge in [-0.2, -0.15) is 5.10 Å². The smallest absolute Gasteiger partial charge is 0.105 e. The maximum absolute atomic E-state index is 10.1. The molecule has 7 nitrogen and oxygen atoms in total. The van der Waals surface area contributed by atoms with Crippen molar-refractivity contribution in [2.24, 2.45) is 0 Å². The topological polar surface area (TPSA) is 84.9 Å². The minimum absolute atomic E-state index is 0.0911. The minimum Gasteiger partial charge on any atom is -0.389 e. The number of nitrogens with one attached hydrogen (secondary N) is 1. The summed E-state index contributed by atoms with van der Waals surface area (Å²) < 4.78 is 5.37. The molecule has 0 radical (unpaired) electrons. The average molecular weight is 296 g/mol. The number of aromatic amines is 1. The van der Waals surface area contributed by atoms with Crippen LogP contribution in [0.15, 0.2) is 6.20 Å². The fourth-order valence-corrected chi connectivity index (χ4v) is 3.11. The summed E-state index contributed by atoms with van der Waals surface area (Å²) in [4.78, 5) is 4.62. The maximum Gasteiger partial charge on any atom is 0.105 e. The van der Waals surface area contributed by atoms with Gasteiger partial charge in [0.25, 0.3) is 0 Å². The molecule has 0 aromatic carbocycles. The molecular weight excluding hydrogens is 272 g/mol. The van der Waals surface area contributed by atoms with Gasteiger partial charge < -0.3 is 14.9 Å². The Hall–Kier alpha value is -0.990. The number of aliphatic hydroxyl groups is 2. The molecule has 21 heavy (non-hydrogen) atoms. The van der Waals surface area contributed by atoms with Crippen LogP contribution in [0.4, 0.5) is 0 Å². The van der Waals surface area contributed by atoms with E-state index in [1.807, 2.05) is 13.1 Å². The van der Waals surface area contributed by atoms with E-state index >= 15 is 0 Å². The standard InChI is InChI=1S/C14H24N4O3/c1-10-11(6-15-16-10)7-17-2-4-18(5-3-17)12-8-21-9-13(19)14(12)20/h6,12-14,19-20H,2-5,7-9H2,1H3,(H,15,16)/t12-,13-,14+/m1/s1. The van der Waals surface area contributed by atoms with Crippen LogP contribution in [0.1, 0.15) is 11.3 Å². The summed E-state index contributed by atoms with van der Waals surface area (Å²) in [5.41, 5.74) is 2.36. The Balaban J connectivity index is 1.52. The molecule has 3 heterocycles. The third-order valence-corrected chi connectivity index (χ3v) is 4.57. The molecule has 2 fully saturated rings. The molecule has 2 saturated heterocycles. The molecule has 0 spiro atoms. The van der Waals surface area contributed by atoms with Crippen molar-refractivity contribution in [2.75, 3.05) is 39.4 Å². The van der Waals surface area contributed by atoms with E-state index in [0.29, 0.717) is 6.61 Å². The van der Waals surface area contributed by atoms with E-state index in [1.165, 1.54) is 5.56 Å².